The lowest BCUT2D eigenvalue weighted by molar-refractivity contribution is -0.164. The predicted molar refractivity (Wildman–Crippen MR) is 86.6 cm³/mol. The molecule has 0 bridgehead atoms. The van der Waals surface area contributed by atoms with E-state index in [1.54, 1.807) is 18.2 Å². The van der Waals surface area contributed by atoms with E-state index in [9.17, 15) is 18.7 Å². The zero-order valence-electron chi connectivity index (χ0n) is 12.5. The molecule has 126 valence electrons. The van der Waals surface area contributed by atoms with Crippen LogP contribution in [0.3, 0.4) is 0 Å². The fourth-order valence-corrected chi connectivity index (χ4v) is 2.88. The first-order chi connectivity index (χ1) is 11.3. The van der Waals surface area contributed by atoms with Crippen LogP contribution >= 0.6 is 15.9 Å². The molecule has 2 N–H and O–H groups in total. The third kappa shape index (κ3) is 2.84. The SMILES string of the molecule is CC1=NN(C(=O)c2cc(-c3cccc(Br)c3)n[nH]2)C(O)(C(F)F)C1. The number of hydrogen-bond acceptors (Lipinski definition) is 4. The van der Waals surface area contributed by atoms with Crippen molar-refractivity contribution in [3.63, 3.8) is 0 Å². The van der Waals surface area contributed by atoms with Crippen LogP contribution in [0.5, 0.6) is 0 Å². The summed E-state index contributed by atoms with van der Waals surface area (Å²) >= 11 is 3.34. The van der Waals surface area contributed by atoms with Crippen LogP contribution in [0.4, 0.5) is 8.78 Å². The fraction of sp³-hybridized carbons (Fsp3) is 0.267. The van der Waals surface area contributed by atoms with Crippen molar-refractivity contribution in [2.45, 2.75) is 25.5 Å². The molecule has 0 aliphatic carbocycles. The summed E-state index contributed by atoms with van der Waals surface area (Å²) in [6, 6.07) is 8.67. The maximum absolute atomic E-state index is 13.2. The Morgan fingerprint density at radius 1 is 1.46 bits per heavy atom. The number of carbonyl (C=O) groups excluding carboxylic acids is 1. The molecule has 6 nitrogen and oxygen atoms in total. The van der Waals surface area contributed by atoms with E-state index in [1.165, 1.54) is 13.0 Å². The van der Waals surface area contributed by atoms with Crippen molar-refractivity contribution < 1.29 is 18.7 Å². The number of hydrogen-bond donors (Lipinski definition) is 2. The summed E-state index contributed by atoms with van der Waals surface area (Å²) in [5.74, 6) is -0.872. The Hall–Kier alpha value is -2.13. The summed E-state index contributed by atoms with van der Waals surface area (Å²) in [6.45, 7) is 1.47. The van der Waals surface area contributed by atoms with Crippen molar-refractivity contribution in [3.05, 3.63) is 40.5 Å². The van der Waals surface area contributed by atoms with Gasteiger partial charge in [0.15, 0.2) is 0 Å². The molecule has 1 atom stereocenters. The number of aromatic nitrogens is 2. The van der Waals surface area contributed by atoms with E-state index in [1.807, 2.05) is 6.07 Å². The van der Waals surface area contributed by atoms with Gasteiger partial charge in [0, 0.05) is 22.2 Å². The Balaban J connectivity index is 1.91. The number of carbonyl (C=O) groups is 1. The molecule has 3 rings (SSSR count). The number of alkyl halides is 2. The molecule has 24 heavy (non-hydrogen) atoms. The standard InChI is InChI=1S/C15H13BrF2N4O2/c1-8-7-15(24,14(17)18)22(21-8)13(23)12-6-11(19-20-12)9-3-2-4-10(16)5-9/h2-6,14,24H,7H2,1H3,(H,19,20). The summed E-state index contributed by atoms with van der Waals surface area (Å²) in [5, 5.41) is 20.8. The van der Waals surface area contributed by atoms with Gasteiger partial charge in [-0.05, 0) is 25.1 Å². The van der Waals surface area contributed by atoms with Gasteiger partial charge in [0.2, 0.25) is 5.72 Å². The van der Waals surface area contributed by atoms with E-state index < -0.39 is 24.5 Å². The topological polar surface area (TPSA) is 81.6 Å². The first kappa shape index (κ1) is 16.7. The maximum Gasteiger partial charge on any atom is 0.294 e. The molecule has 2 heterocycles. The molecule has 1 aromatic heterocycles. The van der Waals surface area contributed by atoms with Crippen LogP contribution < -0.4 is 0 Å². The quantitative estimate of drug-likeness (QED) is 0.833. The molecule has 0 saturated heterocycles. The second kappa shape index (κ2) is 6.06. The van der Waals surface area contributed by atoms with Gasteiger partial charge in [-0.15, -0.1) is 0 Å². The van der Waals surface area contributed by atoms with Crippen LogP contribution in [0.1, 0.15) is 23.8 Å². The number of nitrogens with one attached hydrogen (secondary N) is 1. The Labute approximate surface area is 144 Å². The Bertz CT molecular complexity index is 823. The van der Waals surface area contributed by atoms with Gasteiger partial charge in [-0.3, -0.25) is 9.89 Å². The number of rotatable bonds is 3. The normalized spacial score (nSPS) is 20.6. The highest BCUT2D eigenvalue weighted by atomic mass is 79.9. The van der Waals surface area contributed by atoms with Crippen LogP contribution in [0.2, 0.25) is 0 Å². The smallest absolute Gasteiger partial charge is 0.294 e. The molecule has 1 aliphatic heterocycles. The monoisotopic (exact) mass is 398 g/mol. The van der Waals surface area contributed by atoms with E-state index in [0.717, 1.165) is 10.0 Å². The molecule has 0 saturated carbocycles. The zero-order valence-corrected chi connectivity index (χ0v) is 14.1. The molecule has 0 spiro atoms. The molecule has 1 aromatic carbocycles. The van der Waals surface area contributed by atoms with Gasteiger partial charge in [-0.1, -0.05) is 28.1 Å². The lowest BCUT2D eigenvalue weighted by Crippen LogP contribution is -2.51. The second-order valence-electron chi connectivity index (χ2n) is 5.49. The molecule has 0 fully saturated rings. The third-order valence-corrected chi connectivity index (χ3v) is 4.12. The first-order valence-electron chi connectivity index (χ1n) is 7.02. The average molecular weight is 399 g/mol. The van der Waals surface area contributed by atoms with Gasteiger partial charge >= 0.3 is 0 Å². The summed E-state index contributed by atoms with van der Waals surface area (Å²) in [4.78, 5) is 12.5. The van der Waals surface area contributed by atoms with Crippen LogP contribution in [0.15, 0.2) is 39.9 Å². The number of benzene rings is 1. The van der Waals surface area contributed by atoms with Crippen molar-refractivity contribution in [2.24, 2.45) is 5.10 Å². The number of amides is 1. The summed E-state index contributed by atoms with van der Waals surface area (Å²) in [7, 11) is 0. The molecular weight excluding hydrogens is 386 g/mol. The fourth-order valence-electron chi connectivity index (χ4n) is 2.48. The second-order valence-corrected chi connectivity index (χ2v) is 6.40. The van der Waals surface area contributed by atoms with Crippen LogP contribution in [-0.4, -0.2) is 44.1 Å². The highest BCUT2D eigenvalue weighted by Crippen LogP contribution is 2.32. The van der Waals surface area contributed by atoms with Gasteiger partial charge in [0.1, 0.15) is 5.69 Å². The van der Waals surface area contributed by atoms with Crippen LogP contribution in [-0.2, 0) is 0 Å². The number of aromatic amines is 1. The maximum atomic E-state index is 13.2. The van der Waals surface area contributed by atoms with Crippen molar-refractivity contribution in [1.29, 1.82) is 0 Å². The van der Waals surface area contributed by atoms with Crippen molar-refractivity contribution in [2.75, 3.05) is 0 Å². The number of nitrogens with zero attached hydrogens (tertiary/aromatic N) is 3. The van der Waals surface area contributed by atoms with E-state index in [0.29, 0.717) is 10.7 Å². The minimum atomic E-state index is -3.14. The van der Waals surface area contributed by atoms with Gasteiger partial charge < -0.3 is 5.11 Å². The van der Waals surface area contributed by atoms with Crippen molar-refractivity contribution in [3.8, 4) is 11.3 Å². The molecule has 1 amide bonds. The first-order valence-corrected chi connectivity index (χ1v) is 7.81. The number of hydrazone groups is 1. The molecular formula is C15H13BrF2N4O2. The van der Waals surface area contributed by atoms with Crippen molar-refractivity contribution >= 4 is 27.5 Å². The highest BCUT2D eigenvalue weighted by Gasteiger charge is 2.51. The molecule has 9 heteroatoms. The number of H-pyrrole nitrogens is 1. The molecule has 2 aromatic rings. The third-order valence-electron chi connectivity index (χ3n) is 3.62. The number of aliphatic hydroxyl groups is 1. The summed E-state index contributed by atoms with van der Waals surface area (Å²) < 4.78 is 27.2. The molecule has 1 unspecified atom stereocenters. The van der Waals surface area contributed by atoms with Crippen molar-refractivity contribution in [1.82, 2.24) is 15.2 Å². The minimum Gasteiger partial charge on any atom is -0.364 e. The molecule has 1 aliphatic rings. The average Bonchev–Trinajstić information content (AvgIpc) is 3.12. The van der Waals surface area contributed by atoms with Gasteiger partial charge in [0.05, 0.1) is 5.69 Å². The van der Waals surface area contributed by atoms with Gasteiger partial charge in [-0.2, -0.15) is 15.2 Å². The largest absolute Gasteiger partial charge is 0.364 e. The highest BCUT2D eigenvalue weighted by molar-refractivity contribution is 9.10. The van der Waals surface area contributed by atoms with E-state index in [2.05, 4.69) is 31.2 Å². The van der Waals surface area contributed by atoms with Gasteiger partial charge in [0.25, 0.3) is 12.3 Å². The van der Waals surface area contributed by atoms with Crippen LogP contribution in [0, 0.1) is 0 Å². The zero-order chi connectivity index (χ0) is 17.5. The van der Waals surface area contributed by atoms with Gasteiger partial charge in [-0.25, -0.2) is 8.78 Å². The Kier molecular flexibility index (Phi) is 4.22. The van der Waals surface area contributed by atoms with E-state index in [-0.39, 0.29) is 11.4 Å². The lowest BCUT2D eigenvalue weighted by atomic mass is 10.1. The molecule has 0 radical (unpaired) electrons. The Morgan fingerprint density at radius 3 is 2.88 bits per heavy atom. The number of halogens is 3. The van der Waals surface area contributed by atoms with E-state index in [4.69, 9.17) is 0 Å². The van der Waals surface area contributed by atoms with Crippen LogP contribution in [0.25, 0.3) is 11.3 Å². The Morgan fingerprint density at radius 2 is 2.21 bits per heavy atom. The van der Waals surface area contributed by atoms with E-state index >= 15 is 0 Å². The summed E-state index contributed by atoms with van der Waals surface area (Å²) in [6.07, 6.45) is -3.54. The minimum absolute atomic E-state index is 0.0394. The lowest BCUT2D eigenvalue weighted by Gasteiger charge is -2.29. The summed E-state index contributed by atoms with van der Waals surface area (Å²) in [5.41, 5.74) is -1.22. The predicted octanol–water partition coefficient (Wildman–Crippen LogP) is 3.01.